The van der Waals surface area contributed by atoms with Gasteiger partial charge in [-0.15, -0.1) is 0 Å². The Hall–Kier alpha value is -2.56. The molecule has 1 heterocycles. The number of imidazole rings is 1. The van der Waals surface area contributed by atoms with Gasteiger partial charge in [0.25, 0.3) is 5.91 Å². The number of carbonyl (C=O) groups excluding carboxylic acids is 1. The Morgan fingerprint density at radius 3 is 2.36 bits per heavy atom. The molecule has 22 heavy (non-hydrogen) atoms. The first-order valence-electron chi connectivity index (χ1n) is 7.10. The molecule has 0 saturated carbocycles. The molecule has 2 rings (SSSR count). The van der Waals surface area contributed by atoms with E-state index in [1.54, 1.807) is 25.2 Å². The monoisotopic (exact) mass is 299 g/mol. The van der Waals surface area contributed by atoms with Gasteiger partial charge in [-0.05, 0) is 12.5 Å². The maximum absolute atomic E-state index is 12.8. The summed E-state index contributed by atoms with van der Waals surface area (Å²) in [6.07, 6.45) is 1.57. The summed E-state index contributed by atoms with van der Waals surface area (Å²) >= 11 is 0. The molecule has 1 aromatic carbocycles. The van der Waals surface area contributed by atoms with Crippen molar-refractivity contribution in [3.8, 4) is 0 Å². The molecule has 116 valence electrons. The Balaban J connectivity index is 2.32. The second-order valence-corrected chi connectivity index (χ2v) is 5.57. The summed E-state index contributed by atoms with van der Waals surface area (Å²) in [7, 11) is 3.25. The number of aromatic nitrogens is 2. The van der Waals surface area contributed by atoms with Crippen LogP contribution in [0.2, 0.25) is 0 Å². The van der Waals surface area contributed by atoms with Gasteiger partial charge in [0, 0.05) is 33.4 Å². The largest absolute Gasteiger partial charge is 0.329 e. The lowest BCUT2D eigenvalue weighted by Gasteiger charge is -2.23. The van der Waals surface area contributed by atoms with Crippen molar-refractivity contribution in [3.63, 3.8) is 0 Å². The number of amides is 1. The molecule has 0 atom stereocenters. The molecule has 0 radical (unpaired) electrons. The first kappa shape index (κ1) is 15.8. The van der Waals surface area contributed by atoms with Crippen LogP contribution in [-0.4, -0.2) is 26.5 Å². The van der Waals surface area contributed by atoms with E-state index in [1.807, 2.05) is 37.3 Å². The van der Waals surface area contributed by atoms with Crippen LogP contribution in [0.15, 0.2) is 53.5 Å². The molecule has 2 aromatic rings. The van der Waals surface area contributed by atoms with Crippen LogP contribution in [0.3, 0.4) is 0 Å². The van der Waals surface area contributed by atoms with Gasteiger partial charge < -0.3 is 9.47 Å². The van der Waals surface area contributed by atoms with Gasteiger partial charge in [-0.1, -0.05) is 42.5 Å². The van der Waals surface area contributed by atoms with Crippen molar-refractivity contribution in [2.24, 2.45) is 14.1 Å². The van der Waals surface area contributed by atoms with Gasteiger partial charge >= 0.3 is 5.69 Å². The van der Waals surface area contributed by atoms with Crippen LogP contribution in [0.1, 0.15) is 23.0 Å². The van der Waals surface area contributed by atoms with Crippen LogP contribution >= 0.6 is 0 Å². The second kappa shape index (κ2) is 6.47. The summed E-state index contributed by atoms with van der Waals surface area (Å²) in [5.41, 5.74) is 2.10. The zero-order chi connectivity index (χ0) is 16.3. The predicted octanol–water partition coefficient (Wildman–Crippen LogP) is 1.94. The van der Waals surface area contributed by atoms with Crippen molar-refractivity contribution >= 4 is 5.91 Å². The van der Waals surface area contributed by atoms with E-state index >= 15 is 0 Å². The maximum atomic E-state index is 12.8. The van der Waals surface area contributed by atoms with Gasteiger partial charge in [-0.3, -0.25) is 9.36 Å². The molecule has 0 unspecified atom stereocenters. The average Bonchev–Trinajstić information content (AvgIpc) is 2.74. The number of aryl methyl sites for hydroxylation is 1. The summed E-state index contributed by atoms with van der Waals surface area (Å²) in [4.78, 5) is 26.3. The van der Waals surface area contributed by atoms with E-state index in [0.29, 0.717) is 18.8 Å². The molecule has 0 aliphatic carbocycles. The van der Waals surface area contributed by atoms with E-state index in [1.165, 1.54) is 9.13 Å². The lowest BCUT2D eigenvalue weighted by molar-refractivity contribution is 0.0748. The topological polar surface area (TPSA) is 47.2 Å². The Labute approximate surface area is 130 Å². The number of nitrogens with zero attached hydrogens (tertiary/aromatic N) is 3. The minimum Gasteiger partial charge on any atom is -0.329 e. The standard InChI is InChI=1S/C17H21N3O2/c1-13(2)10-20(11-14-8-6-5-7-9-14)16(21)15-12-18(3)17(22)19(15)4/h5-9,12H,1,10-11H2,2-4H3. The van der Waals surface area contributed by atoms with Crippen LogP contribution < -0.4 is 5.69 Å². The normalized spacial score (nSPS) is 10.5. The van der Waals surface area contributed by atoms with Gasteiger partial charge in [-0.2, -0.15) is 0 Å². The fourth-order valence-corrected chi connectivity index (χ4v) is 2.35. The number of carbonyl (C=O) groups is 1. The first-order valence-corrected chi connectivity index (χ1v) is 7.10. The molecule has 0 fully saturated rings. The van der Waals surface area contributed by atoms with E-state index < -0.39 is 0 Å². The minimum atomic E-state index is -0.210. The third kappa shape index (κ3) is 3.36. The second-order valence-electron chi connectivity index (χ2n) is 5.57. The Morgan fingerprint density at radius 2 is 1.86 bits per heavy atom. The first-order chi connectivity index (χ1) is 10.4. The summed E-state index contributed by atoms with van der Waals surface area (Å²) < 4.78 is 2.79. The van der Waals surface area contributed by atoms with Crippen LogP contribution in [0, 0.1) is 0 Å². The van der Waals surface area contributed by atoms with Gasteiger partial charge in [0.2, 0.25) is 0 Å². The quantitative estimate of drug-likeness (QED) is 0.792. The molecule has 5 heteroatoms. The number of hydrogen-bond donors (Lipinski definition) is 0. The molecule has 0 aliphatic rings. The molecule has 1 amide bonds. The molecule has 0 N–H and O–H groups in total. The van der Waals surface area contributed by atoms with Crippen molar-refractivity contribution in [2.75, 3.05) is 6.54 Å². The summed E-state index contributed by atoms with van der Waals surface area (Å²) in [5, 5.41) is 0. The molecule has 1 aromatic heterocycles. The molecular formula is C17H21N3O2. The fourth-order valence-electron chi connectivity index (χ4n) is 2.35. The van der Waals surface area contributed by atoms with Crippen LogP contribution in [0.5, 0.6) is 0 Å². The molecule has 0 aliphatic heterocycles. The minimum absolute atomic E-state index is 0.174. The van der Waals surface area contributed by atoms with E-state index in [9.17, 15) is 9.59 Å². The maximum Gasteiger partial charge on any atom is 0.328 e. The Bertz CT molecular complexity index is 741. The van der Waals surface area contributed by atoms with Crippen molar-refractivity contribution in [3.05, 3.63) is 70.4 Å². The Morgan fingerprint density at radius 1 is 1.23 bits per heavy atom. The highest BCUT2D eigenvalue weighted by molar-refractivity contribution is 5.92. The van der Waals surface area contributed by atoms with Crippen molar-refractivity contribution < 1.29 is 4.79 Å². The predicted molar refractivity (Wildman–Crippen MR) is 86.7 cm³/mol. The number of benzene rings is 1. The molecule has 5 nitrogen and oxygen atoms in total. The molecule has 0 bridgehead atoms. The molecule has 0 saturated heterocycles. The smallest absolute Gasteiger partial charge is 0.328 e. The van der Waals surface area contributed by atoms with E-state index in [4.69, 9.17) is 0 Å². The highest BCUT2D eigenvalue weighted by atomic mass is 16.2. The number of rotatable bonds is 5. The van der Waals surface area contributed by atoms with E-state index in [2.05, 4.69) is 6.58 Å². The lowest BCUT2D eigenvalue weighted by Crippen LogP contribution is -2.34. The zero-order valence-corrected chi connectivity index (χ0v) is 13.2. The average molecular weight is 299 g/mol. The van der Waals surface area contributed by atoms with E-state index in [-0.39, 0.29) is 11.6 Å². The van der Waals surface area contributed by atoms with Crippen LogP contribution in [0.25, 0.3) is 0 Å². The fraction of sp³-hybridized carbons (Fsp3) is 0.294. The number of hydrogen-bond acceptors (Lipinski definition) is 2. The molecular weight excluding hydrogens is 278 g/mol. The van der Waals surface area contributed by atoms with E-state index in [0.717, 1.165) is 11.1 Å². The highest BCUT2D eigenvalue weighted by Crippen LogP contribution is 2.11. The third-order valence-corrected chi connectivity index (χ3v) is 3.45. The summed E-state index contributed by atoms with van der Waals surface area (Å²) in [6.45, 7) is 6.71. The van der Waals surface area contributed by atoms with Crippen molar-refractivity contribution in [2.45, 2.75) is 13.5 Å². The van der Waals surface area contributed by atoms with Gasteiger partial charge in [0.15, 0.2) is 0 Å². The SMILES string of the molecule is C=C(C)CN(Cc1ccccc1)C(=O)c1cn(C)c(=O)n1C. The summed E-state index contributed by atoms with van der Waals surface area (Å²) in [6, 6.07) is 9.77. The lowest BCUT2D eigenvalue weighted by atomic mass is 10.2. The zero-order valence-electron chi connectivity index (χ0n) is 13.2. The van der Waals surface area contributed by atoms with Crippen molar-refractivity contribution in [1.82, 2.24) is 14.0 Å². The third-order valence-electron chi connectivity index (χ3n) is 3.45. The Kier molecular flexibility index (Phi) is 4.65. The van der Waals surface area contributed by atoms with Gasteiger partial charge in [0.1, 0.15) is 5.69 Å². The summed E-state index contributed by atoms with van der Waals surface area (Å²) in [5.74, 6) is -0.174. The van der Waals surface area contributed by atoms with Gasteiger partial charge in [0.05, 0.1) is 0 Å². The van der Waals surface area contributed by atoms with Crippen molar-refractivity contribution in [1.29, 1.82) is 0 Å². The molecule has 0 spiro atoms. The highest BCUT2D eigenvalue weighted by Gasteiger charge is 2.21. The van der Waals surface area contributed by atoms with Crippen LogP contribution in [0.4, 0.5) is 0 Å². The van der Waals surface area contributed by atoms with Crippen LogP contribution in [-0.2, 0) is 20.6 Å². The van der Waals surface area contributed by atoms with Gasteiger partial charge in [-0.25, -0.2) is 4.79 Å².